The smallest absolute Gasteiger partial charge is 0.329 e. The second-order valence-corrected chi connectivity index (χ2v) is 9.13. The Morgan fingerprint density at radius 1 is 0.816 bits per heavy atom. The number of para-hydroxylation sites is 2. The Bertz CT molecular complexity index is 1340. The van der Waals surface area contributed by atoms with Crippen LogP contribution in [0.5, 0.6) is 17.5 Å². The van der Waals surface area contributed by atoms with Crippen molar-refractivity contribution in [2.24, 2.45) is 0 Å². The summed E-state index contributed by atoms with van der Waals surface area (Å²) in [6, 6.07) is 16.5. The number of H-pyrrole nitrogens is 1. The molecule has 2 aliphatic heterocycles. The highest BCUT2D eigenvalue weighted by Crippen LogP contribution is 2.37. The third kappa shape index (κ3) is 5.19. The molecule has 3 aromatic rings. The van der Waals surface area contributed by atoms with Crippen LogP contribution in [-0.2, 0) is 9.59 Å². The fourth-order valence-corrected chi connectivity index (χ4v) is 4.67. The number of fused-ring (bicyclic) bond motifs is 2. The molecule has 0 bridgehead atoms. The van der Waals surface area contributed by atoms with Crippen molar-refractivity contribution in [3.8, 4) is 17.5 Å². The number of nitrogens with one attached hydrogen (secondary N) is 1. The number of carbonyl (C=O) groups is 3. The van der Waals surface area contributed by atoms with E-state index in [-0.39, 0.29) is 42.8 Å². The molecule has 0 saturated carbocycles. The van der Waals surface area contributed by atoms with Gasteiger partial charge in [0.2, 0.25) is 11.8 Å². The molecular weight excluding hydrogens is 488 g/mol. The quantitative estimate of drug-likeness (QED) is 0.439. The highest BCUT2D eigenvalue weighted by molar-refractivity contribution is 6.05. The summed E-state index contributed by atoms with van der Waals surface area (Å²) >= 11 is 0. The van der Waals surface area contributed by atoms with Crippen molar-refractivity contribution in [3.63, 3.8) is 0 Å². The summed E-state index contributed by atoms with van der Waals surface area (Å²) in [5, 5.41) is 18.8. The average Bonchev–Trinajstić information content (AvgIpc) is 3.14. The minimum atomic E-state index is -0.616. The SMILES string of the molecule is O=C(CCCC(=O)N1CCN(C(=O)N2c3ccccc3C=Cc3ccccc32)CC1)Oc1cc(O)[nH]c1O. The number of esters is 1. The standard InChI is InChI=1S/C28H28N4O6/c33-24-18-23(27(36)29-24)38-26(35)11-5-10-25(34)30-14-16-31(17-15-30)28(37)32-21-8-3-1-6-19(21)12-13-20-7-2-4-9-22(20)32/h1-4,6-9,12-13,18,29,33,36H,5,10-11,14-17H2. The van der Waals surface area contributed by atoms with Crippen molar-refractivity contribution in [1.29, 1.82) is 0 Å². The van der Waals surface area contributed by atoms with Crippen LogP contribution in [0.3, 0.4) is 0 Å². The van der Waals surface area contributed by atoms with Gasteiger partial charge in [0.15, 0.2) is 11.6 Å². The minimum Gasteiger partial charge on any atom is -0.494 e. The van der Waals surface area contributed by atoms with E-state index in [1.807, 2.05) is 60.7 Å². The number of aromatic hydroxyl groups is 2. The third-order valence-corrected chi connectivity index (χ3v) is 6.63. The molecule has 1 aromatic heterocycles. The zero-order valence-corrected chi connectivity index (χ0v) is 20.7. The average molecular weight is 517 g/mol. The van der Waals surface area contributed by atoms with Crippen LogP contribution in [-0.4, -0.2) is 69.1 Å². The lowest BCUT2D eigenvalue weighted by molar-refractivity contribution is -0.135. The number of rotatable bonds is 5. The molecule has 0 unspecified atom stereocenters. The predicted octanol–water partition coefficient (Wildman–Crippen LogP) is 4.09. The van der Waals surface area contributed by atoms with Crippen molar-refractivity contribution in [2.75, 3.05) is 31.1 Å². The molecule has 3 amide bonds. The number of piperazine rings is 1. The van der Waals surface area contributed by atoms with Gasteiger partial charge >= 0.3 is 12.0 Å². The molecule has 3 heterocycles. The molecule has 1 fully saturated rings. The summed E-state index contributed by atoms with van der Waals surface area (Å²) in [4.78, 5) is 45.9. The first kappa shape index (κ1) is 24.9. The fraction of sp³-hybridized carbons (Fsp3) is 0.250. The molecule has 0 radical (unpaired) electrons. The first-order valence-corrected chi connectivity index (χ1v) is 12.5. The van der Waals surface area contributed by atoms with E-state index in [2.05, 4.69) is 4.98 Å². The first-order chi connectivity index (χ1) is 18.4. The van der Waals surface area contributed by atoms with Crippen LogP contribution in [0.4, 0.5) is 16.2 Å². The van der Waals surface area contributed by atoms with Gasteiger partial charge in [0.25, 0.3) is 0 Å². The Kier molecular flexibility index (Phi) is 7.03. The number of aromatic amines is 1. The number of hydrogen-bond donors (Lipinski definition) is 3. The monoisotopic (exact) mass is 516 g/mol. The van der Waals surface area contributed by atoms with Gasteiger partial charge in [-0.2, -0.15) is 0 Å². The number of ether oxygens (including phenoxy) is 1. The van der Waals surface area contributed by atoms with Crippen LogP contribution < -0.4 is 9.64 Å². The Hall–Kier alpha value is -4.73. The maximum absolute atomic E-state index is 13.8. The first-order valence-electron chi connectivity index (χ1n) is 12.5. The van der Waals surface area contributed by atoms with E-state index in [0.717, 1.165) is 28.6 Å². The molecule has 0 atom stereocenters. The topological polar surface area (TPSA) is 126 Å². The van der Waals surface area contributed by atoms with Crippen LogP contribution in [0.2, 0.25) is 0 Å². The van der Waals surface area contributed by atoms with Crippen LogP contribution >= 0.6 is 0 Å². The zero-order valence-electron chi connectivity index (χ0n) is 20.7. The van der Waals surface area contributed by atoms with Crippen molar-refractivity contribution < 1.29 is 29.3 Å². The Morgan fingerprint density at radius 2 is 1.39 bits per heavy atom. The van der Waals surface area contributed by atoms with Gasteiger partial charge in [-0.05, 0) is 29.7 Å². The summed E-state index contributed by atoms with van der Waals surface area (Å²) in [5.41, 5.74) is 3.53. The second-order valence-electron chi connectivity index (χ2n) is 9.13. The van der Waals surface area contributed by atoms with Crippen molar-refractivity contribution in [3.05, 3.63) is 65.7 Å². The summed E-state index contributed by atoms with van der Waals surface area (Å²) in [5.74, 6) is -1.64. The maximum atomic E-state index is 13.8. The van der Waals surface area contributed by atoms with Gasteiger partial charge in [-0.3, -0.25) is 19.5 Å². The molecule has 2 aromatic carbocycles. The lowest BCUT2D eigenvalue weighted by Crippen LogP contribution is -2.53. The zero-order chi connectivity index (χ0) is 26.6. The van der Waals surface area contributed by atoms with Gasteiger partial charge in [-0.25, -0.2) is 4.79 Å². The minimum absolute atomic E-state index is 0.0165. The van der Waals surface area contributed by atoms with Crippen LogP contribution in [0.25, 0.3) is 12.2 Å². The Balaban J connectivity index is 1.16. The highest BCUT2D eigenvalue weighted by Gasteiger charge is 2.31. The number of aromatic nitrogens is 1. The number of hydrogen-bond acceptors (Lipinski definition) is 6. The Labute approximate surface area is 219 Å². The number of nitrogens with zero attached hydrogens (tertiary/aromatic N) is 3. The molecule has 38 heavy (non-hydrogen) atoms. The Morgan fingerprint density at radius 3 is 1.97 bits per heavy atom. The van der Waals surface area contributed by atoms with E-state index >= 15 is 0 Å². The van der Waals surface area contributed by atoms with Crippen LogP contribution in [0.1, 0.15) is 30.4 Å². The molecule has 10 nitrogen and oxygen atoms in total. The van der Waals surface area contributed by atoms with Gasteiger partial charge in [-0.1, -0.05) is 48.6 Å². The van der Waals surface area contributed by atoms with Crippen molar-refractivity contribution in [1.82, 2.24) is 14.8 Å². The van der Waals surface area contributed by atoms with E-state index in [4.69, 9.17) is 4.74 Å². The van der Waals surface area contributed by atoms with Crippen LogP contribution in [0, 0.1) is 0 Å². The molecule has 5 rings (SSSR count). The molecule has 3 N–H and O–H groups in total. The van der Waals surface area contributed by atoms with E-state index in [1.165, 1.54) is 0 Å². The molecule has 2 aliphatic rings. The van der Waals surface area contributed by atoms with E-state index < -0.39 is 11.8 Å². The molecule has 1 saturated heterocycles. The summed E-state index contributed by atoms with van der Waals surface area (Å²) in [7, 11) is 0. The maximum Gasteiger partial charge on any atom is 0.329 e. The molecule has 10 heteroatoms. The van der Waals surface area contributed by atoms with Gasteiger partial charge < -0.3 is 24.7 Å². The van der Waals surface area contributed by atoms with Gasteiger partial charge in [0.05, 0.1) is 11.4 Å². The number of amides is 3. The number of anilines is 2. The summed E-state index contributed by atoms with van der Waals surface area (Å²) in [6.07, 6.45) is 4.45. The van der Waals surface area contributed by atoms with Crippen LogP contribution in [0.15, 0.2) is 54.6 Å². The third-order valence-electron chi connectivity index (χ3n) is 6.63. The van der Waals surface area contributed by atoms with Gasteiger partial charge in [0, 0.05) is 45.1 Å². The fourth-order valence-electron chi connectivity index (χ4n) is 4.67. The molecule has 0 spiro atoms. The lowest BCUT2D eigenvalue weighted by Gasteiger charge is -2.38. The van der Waals surface area contributed by atoms with Crippen molar-refractivity contribution >= 4 is 41.4 Å². The number of benzene rings is 2. The predicted molar refractivity (Wildman–Crippen MR) is 141 cm³/mol. The van der Waals surface area contributed by atoms with E-state index in [0.29, 0.717) is 26.2 Å². The summed E-state index contributed by atoms with van der Waals surface area (Å²) in [6.45, 7) is 1.61. The normalized spacial score (nSPS) is 14.5. The van der Waals surface area contributed by atoms with E-state index in [9.17, 15) is 24.6 Å². The van der Waals surface area contributed by atoms with E-state index in [1.54, 1.807) is 14.7 Å². The van der Waals surface area contributed by atoms with Gasteiger partial charge in [-0.15, -0.1) is 0 Å². The van der Waals surface area contributed by atoms with Gasteiger partial charge in [0.1, 0.15) is 0 Å². The second kappa shape index (κ2) is 10.7. The molecular formula is C28H28N4O6. The van der Waals surface area contributed by atoms with Crippen molar-refractivity contribution in [2.45, 2.75) is 19.3 Å². The largest absolute Gasteiger partial charge is 0.494 e. The summed E-state index contributed by atoms with van der Waals surface area (Å²) < 4.78 is 4.99. The molecule has 196 valence electrons. The molecule has 0 aliphatic carbocycles. The highest BCUT2D eigenvalue weighted by atomic mass is 16.5. The number of urea groups is 1. The number of carbonyl (C=O) groups excluding carboxylic acids is 3. The lowest BCUT2D eigenvalue weighted by atomic mass is 10.1.